The zero-order valence-electron chi connectivity index (χ0n) is 17.7. The highest BCUT2D eigenvalue weighted by molar-refractivity contribution is 5.89. The number of methoxy groups -OCH3 is 1. The van der Waals surface area contributed by atoms with Crippen LogP contribution < -0.4 is 10.1 Å². The normalized spacial score (nSPS) is 14.3. The van der Waals surface area contributed by atoms with Gasteiger partial charge in [0.1, 0.15) is 11.6 Å². The molecule has 3 amide bonds. The maximum absolute atomic E-state index is 13.9. The number of hydrogen-bond acceptors (Lipinski definition) is 3. The number of carbonyl (C=O) groups excluding carboxylic acids is 2. The Morgan fingerprint density at radius 2 is 1.83 bits per heavy atom. The molecule has 0 aliphatic carbocycles. The monoisotopic (exact) mass is 413 g/mol. The standard InChI is InChI=1S/C23H28FN3O3/c1-16-4-7-19(14-22(16)24)25-23(29)27(15-18-5-8-21(30-3)9-6-18)20-10-12-26(13-11-20)17(2)28/h4-9,14,20H,10-13,15H2,1-3H3,(H,25,29). The van der Waals surface area contributed by atoms with Crippen LogP contribution in [0.4, 0.5) is 14.9 Å². The quantitative estimate of drug-likeness (QED) is 0.800. The van der Waals surface area contributed by atoms with Gasteiger partial charge in [-0.05, 0) is 55.2 Å². The van der Waals surface area contributed by atoms with Crippen molar-refractivity contribution in [3.8, 4) is 5.75 Å². The van der Waals surface area contributed by atoms with E-state index in [0.717, 1.165) is 11.3 Å². The number of amides is 3. The Bertz CT molecular complexity index is 893. The van der Waals surface area contributed by atoms with Crippen LogP contribution in [0.25, 0.3) is 0 Å². The Labute approximate surface area is 176 Å². The Hall–Kier alpha value is -3.09. The summed E-state index contributed by atoms with van der Waals surface area (Å²) in [6.45, 7) is 4.89. The topological polar surface area (TPSA) is 61.9 Å². The number of urea groups is 1. The van der Waals surface area contributed by atoms with E-state index in [9.17, 15) is 14.0 Å². The molecule has 6 nitrogen and oxygen atoms in total. The molecule has 0 aromatic heterocycles. The Morgan fingerprint density at radius 1 is 1.17 bits per heavy atom. The number of anilines is 1. The second kappa shape index (κ2) is 9.61. The van der Waals surface area contributed by atoms with Gasteiger partial charge in [-0.1, -0.05) is 18.2 Å². The highest BCUT2D eigenvalue weighted by Gasteiger charge is 2.29. The van der Waals surface area contributed by atoms with Gasteiger partial charge >= 0.3 is 6.03 Å². The van der Waals surface area contributed by atoms with Crippen molar-refractivity contribution in [2.24, 2.45) is 0 Å². The lowest BCUT2D eigenvalue weighted by molar-refractivity contribution is -0.130. The third kappa shape index (κ3) is 5.28. The SMILES string of the molecule is COc1ccc(CN(C(=O)Nc2ccc(C)c(F)c2)C2CCN(C(C)=O)CC2)cc1. The highest BCUT2D eigenvalue weighted by Crippen LogP contribution is 2.22. The van der Waals surface area contributed by atoms with Gasteiger partial charge in [-0.2, -0.15) is 0 Å². The van der Waals surface area contributed by atoms with Crippen LogP contribution in [-0.4, -0.2) is 48.0 Å². The molecular formula is C23H28FN3O3. The van der Waals surface area contributed by atoms with Crippen LogP contribution in [0.5, 0.6) is 5.75 Å². The number of halogens is 1. The van der Waals surface area contributed by atoms with E-state index in [4.69, 9.17) is 4.74 Å². The number of nitrogens with one attached hydrogen (secondary N) is 1. The van der Waals surface area contributed by atoms with Gasteiger partial charge in [-0.15, -0.1) is 0 Å². The number of piperidine rings is 1. The molecule has 2 aromatic rings. The molecule has 30 heavy (non-hydrogen) atoms. The first kappa shape index (κ1) is 21.6. The van der Waals surface area contributed by atoms with Crippen molar-refractivity contribution in [1.82, 2.24) is 9.80 Å². The summed E-state index contributed by atoms with van der Waals surface area (Å²) in [7, 11) is 1.61. The summed E-state index contributed by atoms with van der Waals surface area (Å²) in [6.07, 6.45) is 1.40. The van der Waals surface area contributed by atoms with Gasteiger partial charge in [0.2, 0.25) is 5.91 Å². The molecule has 1 aliphatic rings. The molecule has 1 aliphatic heterocycles. The number of carbonyl (C=O) groups is 2. The lowest BCUT2D eigenvalue weighted by Gasteiger charge is -2.38. The maximum Gasteiger partial charge on any atom is 0.322 e. The maximum atomic E-state index is 13.9. The molecule has 0 bridgehead atoms. The third-order valence-electron chi connectivity index (χ3n) is 5.55. The molecule has 0 atom stereocenters. The van der Waals surface area contributed by atoms with Gasteiger partial charge in [0.15, 0.2) is 0 Å². The highest BCUT2D eigenvalue weighted by atomic mass is 19.1. The van der Waals surface area contributed by atoms with E-state index in [1.54, 1.807) is 42.9 Å². The predicted octanol–water partition coefficient (Wildman–Crippen LogP) is 4.19. The summed E-state index contributed by atoms with van der Waals surface area (Å²) in [5, 5.41) is 2.83. The van der Waals surface area contributed by atoms with E-state index in [1.807, 2.05) is 24.3 Å². The van der Waals surface area contributed by atoms with Gasteiger partial charge < -0.3 is 19.9 Å². The Morgan fingerprint density at radius 3 is 2.40 bits per heavy atom. The minimum absolute atomic E-state index is 0.0157. The molecule has 0 unspecified atom stereocenters. The van der Waals surface area contributed by atoms with E-state index in [2.05, 4.69) is 5.32 Å². The van der Waals surface area contributed by atoms with Crippen molar-refractivity contribution < 1.29 is 18.7 Å². The van der Waals surface area contributed by atoms with Crippen LogP contribution in [0.2, 0.25) is 0 Å². The van der Waals surface area contributed by atoms with Crippen LogP contribution in [0.15, 0.2) is 42.5 Å². The van der Waals surface area contributed by atoms with Crippen molar-refractivity contribution in [1.29, 1.82) is 0 Å². The van der Waals surface area contributed by atoms with Crippen molar-refractivity contribution in [3.05, 3.63) is 59.4 Å². The molecule has 1 N–H and O–H groups in total. The second-order valence-electron chi connectivity index (χ2n) is 7.61. The molecule has 160 valence electrons. The summed E-state index contributed by atoms with van der Waals surface area (Å²) < 4.78 is 19.1. The Balaban J connectivity index is 1.77. The van der Waals surface area contributed by atoms with Crippen LogP contribution in [0.3, 0.4) is 0 Å². The molecule has 2 aromatic carbocycles. The average molecular weight is 413 g/mol. The van der Waals surface area contributed by atoms with Crippen molar-refractivity contribution >= 4 is 17.6 Å². The average Bonchev–Trinajstić information content (AvgIpc) is 2.75. The molecule has 1 heterocycles. The molecule has 0 radical (unpaired) electrons. The van der Waals surface area contributed by atoms with Gasteiger partial charge in [0.05, 0.1) is 7.11 Å². The van der Waals surface area contributed by atoms with E-state index < -0.39 is 0 Å². The van der Waals surface area contributed by atoms with Crippen molar-refractivity contribution in [2.75, 3.05) is 25.5 Å². The fourth-order valence-electron chi connectivity index (χ4n) is 3.65. The minimum atomic E-state index is -0.357. The van der Waals surface area contributed by atoms with Crippen molar-refractivity contribution in [3.63, 3.8) is 0 Å². The zero-order chi connectivity index (χ0) is 21.7. The first-order chi connectivity index (χ1) is 14.4. The van der Waals surface area contributed by atoms with Gasteiger partial charge in [0, 0.05) is 38.3 Å². The largest absolute Gasteiger partial charge is 0.497 e. The van der Waals surface area contributed by atoms with E-state index in [-0.39, 0.29) is 23.8 Å². The van der Waals surface area contributed by atoms with Crippen molar-refractivity contribution in [2.45, 2.75) is 39.3 Å². The van der Waals surface area contributed by atoms with Crippen LogP contribution >= 0.6 is 0 Å². The fraction of sp³-hybridized carbons (Fsp3) is 0.391. The summed E-state index contributed by atoms with van der Waals surface area (Å²) >= 11 is 0. The summed E-state index contributed by atoms with van der Waals surface area (Å²) in [6, 6.07) is 11.9. The number of nitrogens with zero attached hydrogens (tertiary/aromatic N) is 2. The number of hydrogen-bond donors (Lipinski definition) is 1. The molecule has 1 saturated heterocycles. The predicted molar refractivity (Wildman–Crippen MR) is 114 cm³/mol. The number of ether oxygens (including phenoxy) is 1. The van der Waals surface area contributed by atoms with E-state index in [1.165, 1.54) is 6.07 Å². The minimum Gasteiger partial charge on any atom is -0.497 e. The molecule has 7 heteroatoms. The number of likely N-dealkylation sites (tertiary alicyclic amines) is 1. The number of aryl methyl sites for hydroxylation is 1. The van der Waals surface area contributed by atoms with Gasteiger partial charge in [0.25, 0.3) is 0 Å². The molecule has 3 rings (SSSR count). The fourth-order valence-corrected chi connectivity index (χ4v) is 3.65. The zero-order valence-corrected chi connectivity index (χ0v) is 17.7. The lowest BCUT2D eigenvalue weighted by atomic mass is 10.0. The van der Waals surface area contributed by atoms with Gasteiger partial charge in [-0.3, -0.25) is 4.79 Å². The summed E-state index contributed by atoms with van der Waals surface area (Å²) in [5.41, 5.74) is 1.92. The molecular weight excluding hydrogens is 385 g/mol. The summed E-state index contributed by atoms with van der Waals surface area (Å²) in [5.74, 6) is 0.443. The molecule has 1 fully saturated rings. The smallest absolute Gasteiger partial charge is 0.322 e. The van der Waals surface area contributed by atoms with Gasteiger partial charge in [-0.25, -0.2) is 9.18 Å². The van der Waals surface area contributed by atoms with E-state index in [0.29, 0.717) is 43.7 Å². The Kier molecular flexibility index (Phi) is 6.92. The third-order valence-corrected chi connectivity index (χ3v) is 5.55. The number of rotatable bonds is 5. The van der Waals surface area contributed by atoms with Crippen LogP contribution in [0.1, 0.15) is 30.9 Å². The lowest BCUT2D eigenvalue weighted by Crippen LogP contribution is -2.49. The first-order valence-electron chi connectivity index (χ1n) is 10.1. The molecule has 0 spiro atoms. The summed E-state index contributed by atoms with van der Waals surface area (Å²) in [4.78, 5) is 28.4. The molecule has 0 saturated carbocycles. The van der Waals surface area contributed by atoms with E-state index >= 15 is 0 Å². The number of benzene rings is 2. The van der Waals surface area contributed by atoms with Crippen LogP contribution in [-0.2, 0) is 11.3 Å². The second-order valence-corrected chi connectivity index (χ2v) is 7.61. The first-order valence-corrected chi connectivity index (χ1v) is 10.1. The van der Waals surface area contributed by atoms with Crippen LogP contribution in [0, 0.1) is 12.7 Å².